The standard InChI is InChI=1S/C14H19N5/c1-18-6-8-19(9-7-18)17-13-4-5-16-14-10-11(15)2-3-12(13)14/h2-5,10H,6-9,15H2,1H3,(H,16,17). The van der Waals surface area contributed by atoms with E-state index in [1.165, 1.54) is 0 Å². The second-order valence-corrected chi connectivity index (χ2v) is 5.04. The van der Waals surface area contributed by atoms with E-state index in [0.29, 0.717) is 0 Å². The van der Waals surface area contributed by atoms with Gasteiger partial charge in [0, 0.05) is 43.4 Å². The van der Waals surface area contributed by atoms with Gasteiger partial charge in [-0.15, -0.1) is 0 Å². The van der Waals surface area contributed by atoms with E-state index in [-0.39, 0.29) is 0 Å². The summed E-state index contributed by atoms with van der Waals surface area (Å²) >= 11 is 0. The SMILES string of the molecule is CN1CCN(Nc2ccnc3cc(N)ccc23)CC1. The van der Waals surface area contributed by atoms with Crippen LogP contribution in [0, 0.1) is 0 Å². The van der Waals surface area contributed by atoms with Crippen molar-refractivity contribution in [1.29, 1.82) is 0 Å². The van der Waals surface area contributed by atoms with Crippen LogP contribution in [-0.4, -0.2) is 48.1 Å². The first-order valence-electron chi connectivity index (χ1n) is 6.57. The maximum absolute atomic E-state index is 5.80. The van der Waals surface area contributed by atoms with Gasteiger partial charge < -0.3 is 16.1 Å². The zero-order valence-electron chi connectivity index (χ0n) is 11.1. The van der Waals surface area contributed by atoms with Crippen LogP contribution in [-0.2, 0) is 0 Å². The summed E-state index contributed by atoms with van der Waals surface area (Å²) in [6.45, 7) is 4.22. The van der Waals surface area contributed by atoms with E-state index in [0.717, 1.165) is 48.5 Å². The molecule has 0 atom stereocenters. The number of anilines is 2. The quantitative estimate of drug-likeness (QED) is 0.796. The minimum Gasteiger partial charge on any atom is -0.399 e. The molecule has 0 radical (unpaired) electrons. The predicted octanol–water partition coefficient (Wildman–Crippen LogP) is 1.39. The van der Waals surface area contributed by atoms with Gasteiger partial charge in [0.15, 0.2) is 0 Å². The molecule has 1 aliphatic heterocycles. The number of aromatic nitrogens is 1. The zero-order valence-corrected chi connectivity index (χ0v) is 11.1. The Morgan fingerprint density at radius 1 is 1.16 bits per heavy atom. The second-order valence-electron chi connectivity index (χ2n) is 5.04. The van der Waals surface area contributed by atoms with E-state index in [2.05, 4.69) is 27.4 Å². The molecule has 1 fully saturated rings. The molecule has 0 spiro atoms. The van der Waals surface area contributed by atoms with Crippen molar-refractivity contribution < 1.29 is 0 Å². The van der Waals surface area contributed by atoms with Crippen LogP contribution in [0.2, 0.25) is 0 Å². The Morgan fingerprint density at radius 2 is 1.95 bits per heavy atom. The number of piperazine rings is 1. The van der Waals surface area contributed by atoms with Crippen LogP contribution < -0.4 is 11.2 Å². The number of hydrogen-bond acceptors (Lipinski definition) is 5. The van der Waals surface area contributed by atoms with Crippen molar-refractivity contribution in [2.75, 3.05) is 44.4 Å². The average molecular weight is 257 g/mol. The third-order valence-corrected chi connectivity index (χ3v) is 3.55. The molecule has 1 aromatic carbocycles. The highest BCUT2D eigenvalue weighted by molar-refractivity contribution is 5.92. The van der Waals surface area contributed by atoms with Crippen LogP contribution in [0.3, 0.4) is 0 Å². The van der Waals surface area contributed by atoms with Crippen molar-refractivity contribution in [3.05, 3.63) is 30.5 Å². The molecule has 3 N–H and O–H groups in total. The Labute approximate surface area is 113 Å². The first-order chi connectivity index (χ1) is 9.22. The summed E-state index contributed by atoms with van der Waals surface area (Å²) in [6, 6.07) is 7.86. The fraction of sp³-hybridized carbons (Fsp3) is 0.357. The van der Waals surface area contributed by atoms with Crippen LogP contribution in [0.1, 0.15) is 0 Å². The third kappa shape index (κ3) is 2.62. The van der Waals surface area contributed by atoms with Gasteiger partial charge in [-0.1, -0.05) is 0 Å². The molecule has 100 valence electrons. The second kappa shape index (κ2) is 5.03. The van der Waals surface area contributed by atoms with Crippen LogP contribution >= 0.6 is 0 Å². The lowest BCUT2D eigenvalue weighted by Gasteiger charge is -2.33. The van der Waals surface area contributed by atoms with Crippen LogP contribution in [0.25, 0.3) is 10.9 Å². The number of nitrogen functional groups attached to an aromatic ring is 1. The molecular weight excluding hydrogens is 238 g/mol. The molecular formula is C14H19N5. The molecule has 2 heterocycles. The summed E-state index contributed by atoms with van der Waals surface area (Å²) in [7, 11) is 2.15. The molecule has 3 rings (SSSR count). The van der Waals surface area contributed by atoms with E-state index in [1.54, 1.807) is 0 Å². The highest BCUT2D eigenvalue weighted by atomic mass is 15.5. The lowest BCUT2D eigenvalue weighted by atomic mass is 10.2. The molecule has 1 aromatic heterocycles. The minimum absolute atomic E-state index is 0.747. The van der Waals surface area contributed by atoms with Gasteiger partial charge in [-0.3, -0.25) is 4.98 Å². The Bertz CT molecular complexity index is 575. The van der Waals surface area contributed by atoms with E-state index < -0.39 is 0 Å². The van der Waals surface area contributed by atoms with Crippen molar-refractivity contribution in [2.24, 2.45) is 0 Å². The number of hydrogen-bond donors (Lipinski definition) is 2. The number of fused-ring (bicyclic) bond motifs is 1. The first kappa shape index (κ1) is 12.2. The Kier molecular flexibility index (Phi) is 3.23. The number of rotatable bonds is 2. The molecule has 5 nitrogen and oxygen atoms in total. The summed E-state index contributed by atoms with van der Waals surface area (Å²) in [6.07, 6.45) is 1.82. The van der Waals surface area contributed by atoms with Crippen LogP contribution in [0.15, 0.2) is 30.5 Å². The largest absolute Gasteiger partial charge is 0.399 e. The van der Waals surface area contributed by atoms with Crippen molar-refractivity contribution in [3.63, 3.8) is 0 Å². The maximum Gasteiger partial charge on any atom is 0.0743 e. The van der Waals surface area contributed by atoms with Gasteiger partial charge in [0.1, 0.15) is 0 Å². The lowest BCUT2D eigenvalue weighted by Crippen LogP contribution is -2.46. The topological polar surface area (TPSA) is 57.4 Å². The number of nitrogens with two attached hydrogens (primary N) is 1. The molecule has 1 saturated heterocycles. The number of benzene rings is 1. The number of nitrogens with one attached hydrogen (secondary N) is 1. The first-order valence-corrected chi connectivity index (χ1v) is 6.57. The van der Waals surface area contributed by atoms with Gasteiger partial charge in [0.05, 0.1) is 11.2 Å². The van der Waals surface area contributed by atoms with Crippen LogP contribution in [0.4, 0.5) is 11.4 Å². The normalized spacial score (nSPS) is 17.7. The number of likely N-dealkylation sites (N-methyl/N-ethyl adjacent to an activating group) is 1. The van der Waals surface area contributed by atoms with Crippen molar-refractivity contribution >= 4 is 22.3 Å². The summed E-state index contributed by atoms with van der Waals surface area (Å²) in [5, 5.41) is 3.36. The number of hydrazine groups is 1. The molecule has 19 heavy (non-hydrogen) atoms. The highest BCUT2D eigenvalue weighted by Gasteiger charge is 2.14. The summed E-state index contributed by atoms with van der Waals surface area (Å²) < 4.78 is 0. The van der Waals surface area contributed by atoms with Gasteiger partial charge in [0.2, 0.25) is 0 Å². The van der Waals surface area contributed by atoms with Gasteiger partial charge in [-0.05, 0) is 31.3 Å². The summed E-state index contributed by atoms with van der Waals surface area (Å²) in [5.74, 6) is 0. The van der Waals surface area contributed by atoms with E-state index in [9.17, 15) is 0 Å². The summed E-state index contributed by atoms with van der Waals surface area (Å²) in [4.78, 5) is 6.70. The smallest absolute Gasteiger partial charge is 0.0743 e. The van der Waals surface area contributed by atoms with E-state index in [1.807, 2.05) is 30.5 Å². The van der Waals surface area contributed by atoms with Crippen molar-refractivity contribution in [3.8, 4) is 0 Å². The van der Waals surface area contributed by atoms with E-state index in [4.69, 9.17) is 5.73 Å². The Balaban J connectivity index is 1.84. The summed E-state index contributed by atoms with van der Waals surface area (Å²) in [5.41, 5.74) is 12.1. The molecule has 1 aliphatic rings. The third-order valence-electron chi connectivity index (χ3n) is 3.55. The molecule has 0 bridgehead atoms. The van der Waals surface area contributed by atoms with Gasteiger partial charge >= 0.3 is 0 Å². The Hall–Kier alpha value is -1.85. The fourth-order valence-electron chi connectivity index (χ4n) is 2.35. The Morgan fingerprint density at radius 3 is 2.74 bits per heavy atom. The zero-order chi connectivity index (χ0) is 13.2. The molecule has 2 aromatic rings. The highest BCUT2D eigenvalue weighted by Crippen LogP contribution is 2.23. The van der Waals surface area contributed by atoms with Gasteiger partial charge in [-0.25, -0.2) is 5.01 Å². The number of pyridine rings is 1. The fourth-order valence-corrected chi connectivity index (χ4v) is 2.35. The lowest BCUT2D eigenvalue weighted by molar-refractivity contribution is 0.179. The monoisotopic (exact) mass is 257 g/mol. The van der Waals surface area contributed by atoms with Gasteiger partial charge in [-0.2, -0.15) is 0 Å². The molecule has 5 heteroatoms. The van der Waals surface area contributed by atoms with Crippen molar-refractivity contribution in [1.82, 2.24) is 14.9 Å². The maximum atomic E-state index is 5.80. The molecule has 0 unspecified atom stereocenters. The number of nitrogens with zero attached hydrogens (tertiary/aromatic N) is 3. The molecule has 0 saturated carbocycles. The predicted molar refractivity (Wildman–Crippen MR) is 78.8 cm³/mol. The molecule has 0 amide bonds. The van der Waals surface area contributed by atoms with Crippen LogP contribution in [0.5, 0.6) is 0 Å². The van der Waals surface area contributed by atoms with Crippen molar-refractivity contribution in [2.45, 2.75) is 0 Å². The van der Waals surface area contributed by atoms with Gasteiger partial charge in [0.25, 0.3) is 0 Å². The van der Waals surface area contributed by atoms with E-state index >= 15 is 0 Å². The minimum atomic E-state index is 0.747. The average Bonchev–Trinajstić information content (AvgIpc) is 2.41. The molecule has 0 aliphatic carbocycles.